The van der Waals surface area contributed by atoms with E-state index in [0.29, 0.717) is 17.7 Å². The van der Waals surface area contributed by atoms with Crippen LogP contribution in [0.4, 0.5) is 0 Å². The molecule has 0 atom stereocenters. The molecule has 0 aliphatic carbocycles. The largest absolute Gasteiger partial charge is 0.327 e. The number of nitrogens with two attached hydrogens (primary N) is 1. The molecule has 2 rings (SSSR count). The second-order valence-corrected chi connectivity index (χ2v) is 4.53. The van der Waals surface area contributed by atoms with Gasteiger partial charge in [-0.15, -0.1) is 0 Å². The molecule has 4 nitrogen and oxygen atoms in total. The zero-order chi connectivity index (χ0) is 12.4. The molecule has 0 aromatic heterocycles. The van der Waals surface area contributed by atoms with Gasteiger partial charge < -0.3 is 5.73 Å². The minimum absolute atomic E-state index is 0.251. The van der Waals surface area contributed by atoms with Crippen molar-refractivity contribution < 1.29 is 9.59 Å². The van der Waals surface area contributed by atoms with Crippen LogP contribution < -0.4 is 5.73 Å². The topological polar surface area (TPSA) is 63.4 Å². The lowest BCUT2D eigenvalue weighted by Gasteiger charge is -2.09. The Hall–Kier alpha value is -1.46. The van der Waals surface area contributed by atoms with E-state index < -0.39 is 0 Å². The molecule has 0 saturated carbocycles. The van der Waals surface area contributed by atoms with Gasteiger partial charge in [-0.05, 0) is 18.2 Å². The second-order valence-electron chi connectivity index (χ2n) is 3.62. The normalized spacial score (nSPS) is 14.8. The van der Waals surface area contributed by atoms with Gasteiger partial charge in [0.2, 0.25) is 0 Å². The Morgan fingerprint density at radius 3 is 2.59 bits per heavy atom. The number of carbonyl (C=O) groups is 2. The number of hydrogen-bond donors (Lipinski definition) is 1. The fraction of sp³-hybridized carbons (Fsp3) is 0.167. The highest BCUT2D eigenvalue weighted by Gasteiger charge is 2.34. The lowest BCUT2D eigenvalue weighted by molar-refractivity contribution is 0.0672. The Kier molecular flexibility index (Phi) is 3.40. The molecule has 1 aromatic carbocycles. The standard InChI is InChI=1S/C12H11BrN2O2/c13-8-3-4-9-10(7-8)12(17)15(11(9)16)6-2-1-5-14/h1-4,7H,5-6,14H2/b2-1+. The van der Waals surface area contributed by atoms with Crippen LogP contribution in [0.15, 0.2) is 34.8 Å². The van der Waals surface area contributed by atoms with Gasteiger partial charge in [0, 0.05) is 17.6 Å². The zero-order valence-corrected chi connectivity index (χ0v) is 10.6. The Morgan fingerprint density at radius 1 is 1.18 bits per heavy atom. The molecule has 0 spiro atoms. The molecule has 0 bridgehead atoms. The highest BCUT2D eigenvalue weighted by molar-refractivity contribution is 9.10. The first kappa shape index (κ1) is 12.0. The summed E-state index contributed by atoms with van der Waals surface area (Å²) in [6.07, 6.45) is 3.44. The second kappa shape index (κ2) is 4.81. The molecular formula is C12H11BrN2O2. The van der Waals surface area contributed by atoms with Crippen molar-refractivity contribution in [2.75, 3.05) is 13.1 Å². The number of benzene rings is 1. The smallest absolute Gasteiger partial charge is 0.261 e. The Morgan fingerprint density at radius 2 is 1.88 bits per heavy atom. The molecule has 1 aliphatic heterocycles. The molecule has 2 amide bonds. The van der Waals surface area contributed by atoms with Gasteiger partial charge in [-0.2, -0.15) is 0 Å². The zero-order valence-electron chi connectivity index (χ0n) is 9.02. The molecule has 0 saturated heterocycles. The van der Waals surface area contributed by atoms with Crippen molar-refractivity contribution in [3.63, 3.8) is 0 Å². The van der Waals surface area contributed by atoms with Crippen LogP contribution in [0, 0.1) is 0 Å². The van der Waals surface area contributed by atoms with E-state index in [1.807, 2.05) is 0 Å². The minimum Gasteiger partial charge on any atom is -0.327 e. The van der Waals surface area contributed by atoms with Crippen LogP contribution in [-0.2, 0) is 0 Å². The predicted octanol–water partition coefficient (Wildman–Crippen LogP) is 1.56. The van der Waals surface area contributed by atoms with Crippen molar-refractivity contribution >= 4 is 27.7 Å². The number of amides is 2. The van der Waals surface area contributed by atoms with Crippen molar-refractivity contribution in [1.29, 1.82) is 0 Å². The average Bonchev–Trinajstić information content (AvgIpc) is 2.54. The van der Waals surface area contributed by atoms with Crippen LogP contribution in [-0.4, -0.2) is 29.8 Å². The SMILES string of the molecule is NC/C=C/CN1C(=O)c2ccc(Br)cc2C1=O. The Bertz CT molecular complexity index is 511. The van der Waals surface area contributed by atoms with Crippen LogP contribution in [0.25, 0.3) is 0 Å². The molecule has 0 radical (unpaired) electrons. The molecule has 1 aliphatic rings. The van der Waals surface area contributed by atoms with Gasteiger partial charge in [-0.3, -0.25) is 14.5 Å². The van der Waals surface area contributed by atoms with Gasteiger partial charge >= 0.3 is 0 Å². The Labute approximate surface area is 107 Å². The predicted molar refractivity (Wildman–Crippen MR) is 67.7 cm³/mol. The molecular weight excluding hydrogens is 284 g/mol. The van der Waals surface area contributed by atoms with Gasteiger partial charge in [0.1, 0.15) is 0 Å². The van der Waals surface area contributed by atoms with Gasteiger partial charge in [0.05, 0.1) is 11.1 Å². The van der Waals surface area contributed by atoms with E-state index in [9.17, 15) is 9.59 Å². The first-order valence-corrected chi connectivity index (χ1v) is 5.95. The third kappa shape index (κ3) is 2.16. The van der Waals surface area contributed by atoms with E-state index in [0.717, 1.165) is 4.47 Å². The van der Waals surface area contributed by atoms with Gasteiger partial charge in [0.15, 0.2) is 0 Å². The molecule has 5 heteroatoms. The van der Waals surface area contributed by atoms with Crippen molar-refractivity contribution in [1.82, 2.24) is 4.90 Å². The fourth-order valence-corrected chi connectivity index (χ4v) is 2.07. The van der Waals surface area contributed by atoms with Crippen molar-refractivity contribution in [2.45, 2.75) is 0 Å². The summed E-state index contributed by atoms with van der Waals surface area (Å²) in [5.41, 5.74) is 6.21. The summed E-state index contributed by atoms with van der Waals surface area (Å²) in [4.78, 5) is 25.1. The van der Waals surface area contributed by atoms with Crippen LogP contribution in [0.3, 0.4) is 0 Å². The molecule has 0 fully saturated rings. The third-order valence-corrected chi connectivity index (χ3v) is 3.02. The summed E-state index contributed by atoms with van der Waals surface area (Å²) in [7, 11) is 0. The average molecular weight is 295 g/mol. The fourth-order valence-electron chi connectivity index (χ4n) is 1.70. The number of hydrogen-bond acceptors (Lipinski definition) is 3. The van der Waals surface area contributed by atoms with Crippen LogP contribution in [0.1, 0.15) is 20.7 Å². The van der Waals surface area contributed by atoms with Crippen LogP contribution >= 0.6 is 15.9 Å². The molecule has 1 aromatic rings. The quantitative estimate of drug-likeness (QED) is 0.680. The molecule has 88 valence electrons. The molecule has 0 unspecified atom stereocenters. The van der Waals surface area contributed by atoms with E-state index in [4.69, 9.17) is 5.73 Å². The monoisotopic (exact) mass is 294 g/mol. The third-order valence-electron chi connectivity index (χ3n) is 2.52. The number of fused-ring (bicyclic) bond motifs is 1. The van der Waals surface area contributed by atoms with E-state index in [1.54, 1.807) is 30.4 Å². The molecule has 2 N–H and O–H groups in total. The van der Waals surface area contributed by atoms with Crippen LogP contribution in [0.2, 0.25) is 0 Å². The van der Waals surface area contributed by atoms with Crippen molar-refractivity contribution in [3.8, 4) is 0 Å². The number of carbonyl (C=O) groups excluding carboxylic acids is 2. The highest BCUT2D eigenvalue weighted by Crippen LogP contribution is 2.25. The number of imide groups is 1. The summed E-state index contributed by atoms with van der Waals surface area (Å²) >= 11 is 3.28. The highest BCUT2D eigenvalue weighted by atomic mass is 79.9. The van der Waals surface area contributed by atoms with Crippen LogP contribution in [0.5, 0.6) is 0 Å². The lowest BCUT2D eigenvalue weighted by atomic mass is 10.1. The van der Waals surface area contributed by atoms with Gasteiger partial charge in [-0.25, -0.2) is 0 Å². The molecule has 1 heterocycles. The first-order chi connectivity index (χ1) is 8.15. The van der Waals surface area contributed by atoms with Crippen molar-refractivity contribution in [3.05, 3.63) is 46.0 Å². The summed E-state index contributed by atoms with van der Waals surface area (Å²) in [5.74, 6) is -0.507. The summed E-state index contributed by atoms with van der Waals surface area (Å²) in [6.45, 7) is 0.663. The van der Waals surface area contributed by atoms with E-state index in [1.165, 1.54) is 4.90 Å². The number of rotatable bonds is 3. The lowest BCUT2D eigenvalue weighted by Crippen LogP contribution is -2.29. The minimum atomic E-state index is -0.257. The Balaban J connectivity index is 2.29. The summed E-state index contributed by atoms with van der Waals surface area (Å²) in [6, 6.07) is 5.08. The number of nitrogens with zero attached hydrogens (tertiary/aromatic N) is 1. The number of halogens is 1. The van der Waals surface area contributed by atoms with E-state index in [-0.39, 0.29) is 18.4 Å². The van der Waals surface area contributed by atoms with E-state index in [2.05, 4.69) is 15.9 Å². The summed E-state index contributed by atoms with van der Waals surface area (Å²) in [5, 5.41) is 0. The maximum absolute atomic E-state index is 12.0. The van der Waals surface area contributed by atoms with E-state index >= 15 is 0 Å². The van der Waals surface area contributed by atoms with Crippen molar-refractivity contribution in [2.24, 2.45) is 5.73 Å². The van der Waals surface area contributed by atoms with Gasteiger partial charge in [-0.1, -0.05) is 28.1 Å². The maximum atomic E-state index is 12.0. The summed E-state index contributed by atoms with van der Waals surface area (Å²) < 4.78 is 0.789. The maximum Gasteiger partial charge on any atom is 0.261 e. The van der Waals surface area contributed by atoms with Gasteiger partial charge in [0.25, 0.3) is 11.8 Å². The molecule has 17 heavy (non-hydrogen) atoms. The first-order valence-electron chi connectivity index (χ1n) is 5.16.